The number of benzene rings is 1. The minimum absolute atomic E-state index is 0.182. The highest BCUT2D eigenvalue weighted by atomic mass is 32.2. The maximum absolute atomic E-state index is 10.9. The van der Waals surface area contributed by atoms with Crippen molar-refractivity contribution in [3.05, 3.63) is 40.8 Å². The maximum atomic E-state index is 10.9. The number of carbonyl (C=O) groups is 1. The number of rotatable bonds is 6. The predicted molar refractivity (Wildman–Crippen MR) is 92.9 cm³/mol. The van der Waals surface area contributed by atoms with Crippen LogP contribution < -0.4 is 0 Å². The van der Waals surface area contributed by atoms with Crippen LogP contribution in [0.15, 0.2) is 40.1 Å². The van der Waals surface area contributed by atoms with Crippen molar-refractivity contribution < 1.29 is 9.53 Å². The molecule has 0 aromatic heterocycles. The van der Waals surface area contributed by atoms with E-state index in [1.54, 1.807) is 0 Å². The molecule has 0 saturated carbocycles. The molecular weight excluding hydrogens is 292 g/mol. The van der Waals surface area contributed by atoms with Crippen molar-refractivity contribution in [1.29, 1.82) is 0 Å². The number of ether oxygens (including phenoxy) is 1. The van der Waals surface area contributed by atoms with Crippen molar-refractivity contribution in [3.8, 4) is 0 Å². The topological polar surface area (TPSA) is 26.3 Å². The molecule has 0 bridgehead atoms. The van der Waals surface area contributed by atoms with Crippen molar-refractivity contribution in [3.63, 3.8) is 0 Å². The first kappa shape index (κ1) is 17.1. The zero-order chi connectivity index (χ0) is 16.0. The largest absolute Gasteiger partial charge is 0.466 e. The van der Waals surface area contributed by atoms with E-state index in [0.717, 1.165) is 12.8 Å². The third kappa shape index (κ3) is 4.91. The number of thioether (sulfide) groups is 1. The number of hydrogen-bond acceptors (Lipinski definition) is 3. The molecule has 0 N–H and O–H groups in total. The smallest absolute Gasteiger partial charge is 0.302 e. The van der Waals surface area contributed by atoms with Crippen LogP contribution in [0.1, 0.15) is 51.5 Å². The van der Waals surface area contributed by atoms with Crippen LogP contribution in [0.3, 0.4) is 0 Å². The number of carbonyl (C=O) groups excluding carboxylic acids is 1. The van der Waals surface area contributed by atoms with E-state index in [1.807, 2.05) is 11.8 Å². The highest BCUT2D eigenvalue weighted by molar-refractivity contribution is 8.03. The van der Waals surface area contributed by atoms with Crippen LogP contribution in [-0.4, -0.2) is 12.6 Å². The average Bonchev–Trinajstić information content (AvgIpc) is 2.48. The lowest BCUT2D eigenvalue weighted by Gasteiger charge is -2.35. The summed E-state index contributed by atoms with van der Waals surface area (Å²) >= 11 is 1.90. The van der Waals surface area contributed by atoms with E-state index in [2.05, 4.69) is 44.2 Å². The van der Waals surface area contributed by atoms with Crippen molar-refractivity contribution in [2.45, 2.75) is 57.8 Å². The normalized spacial score (nSPS) is 21.3. The van der Waals surface area contributed by atoms with Gasteiger partial charge in [-0.05, 0) is 61.5 Å². The zero-order valence-corrected chi connectivity index (χ0v) is 14.7. The lowest BCUT2D eigenvalue weighted by Crippen LogP contribution is -2.21. The van der Waals surface area contributed by atoms with Crippen molar-refractivity contribution in [2.24, 2.45) is 5.41 Å². The van der Waals surface area contributed by atoms with Gasteiger partial charge >= 0.3 is 5.97 Å². The third-order valence-electron chi connectivity index (χ3n) is 4.28. The van der Waals surface area contributed by atoms with Crippen molar-refractivity contribution in [2.75, 3.05) is 6.61 Å². The summed E-state index contributed by atoms with van der Waals surface area (Å²) in [7, 11) is 0. The monoisotopic (exact) mass is 318 g/mol. The Kier molecular flexibility index (Phi) is 6.13. The molecule has 0 fully saturated rings. The van der Waals surface area contributed by atoms with E-state index in [-0.39, 0.29) is 11.4 Å². The fourth-order valence-corrected chi connectivity index (χ4v) is 4.10. The molecule has 0 saturated heterocycles. The van der Waals surface area contributed by atoms with Gasteiger partial charge in [-0.3, -0.25) is 4.79 Å². The van der Waals surface area contributed by atoms with Crippen molar-refractivity contribution >= 4 is 17.7 Å². The Balaban J connectivity index is 1.98. The summed E-state index contributed by atoms with van der Waals surface area (Å²) in [4.78, 5) is 13.7. The lowest BCUT2D eigenvalue weighted by atomic mass is 9.77. The summed E-state index contributed by atoms with van der Waals surface area (Å²) in [5, 5.41) is 0. The van der Waals surface area contributed by atoms with Gasteiger partial charge in [-0.25, -0.2) is 0 Å². The Bertz CT molecular complexity index is 533. The SMILES string of the molecule is CC(=O)OCCC[C@]1(C)CCCC=C1Sc1ccc(C)cc1. The van der Waals surface area contributed by atoms with Crippen LogP contribution in [0.4, 0.5) is 0 Å². The molecule has 1 aliphatic carbocycles. The van der Waals surface area contributed by atoms with Crippen LogP contribution in [0.25, 0.3) is 0 Å². The van der Waals surface area contributed by atoms with Crippen LogP contribution in [0.5, 0.6) is 0 Å². The maximum Gasteiger partial charge on any atom is 0.302 e. The zero-order valence-electron chi connectivity index (χ0n) is 13.9. The van der Waals surface area contributed by atoms with Gasteiger partial charge in [-0.1, -0.05) is 42.5 Å². The fraction of sp³-hybridized carbons (Fsp3) is 0.526. The van der Waals surface area contributed by atoms with E-state index in [1.165, 1.54) is 41.6 Å². The first-order chi connectivity index (χ1) is 10.5. The van der Waals surface area contributed by atoms with Crippen molar-refractivity contribution in [1.82, 2.24) is 0 Å². The minimum Gasteiger partial charge on any atom is -0.466 e. The van der Waals surface area contributed by atoms with Gasteiger partial charge < -0.3 is 4.74 Å². The summed E-state index contributed by atoms with van der Waals surface area (Å²) in [6.07, 6.45) is 8.06. The molecule has 1 aromatic rings. The van der Waals surface area contributed by atoms with Gasteiger partial charge in [0.1, 0.15) is 0 Å². The Labute approximate surface area is 138 Å². The molecule has 2 nitrogen and oxygen atoms in total. The lowest BCUT2D eigenvalue weighted by molar-refractivity contribution is -0.141. The highest BCUT2D eigenvalue weighted by Crippen LogP contribution is 2.48. The van der Waals surface area contributed by atoms with Crippen LogP contribution in [0.2, 0.25) is 0 Å². The second-order valence-corrected chi connectivity index (χ2v) is 7.50. The number of hydrogen-bond donors (Lipinski definition) is 0. The Morgan fingerprint density at radius 2 is 2.05 bits per heavy atom. The molecular formula is C19H26O2S. The molecule has 0 spiro atoms. The Hall–Kier alpha value is -1.22. The molecule has 0 heterocycles. The molecule has 0 radical (unpaired) electrons. The molecule has 3 heteroatoms. The van der Waals surface area contributed by atoms with Gasteiger partial charge in [0, 0.05) is 11.8 Å². The van der Waals surface area contributed by atoms with Gasteiger partial charge in [0.2, 0.25) is 0 Å². The second-order valence-electron chi connectivity index (χ2n) is 6.38. The van der Waals surface area contributed by atoms with Crippen LogP contribution >= 0.6 is 11.8 Å². The van der Waals surface area contributed by atoms with E-state index < -0.39 is 0 Å². The fourth-order valence-electron chi connectivity index (χ4n) is 2.92. The molecule has 2 rings (SSSR count). The second kappa shape index (κ2) is 7.87. The van der Waals surface area contributed by atoms with Crippen LogP contribution in [-0.2, 0) is 9.53 Å². The molecule has 1 aromatic carbocycles. The van der Waals surface area contributed by atoms with Gasteiger partial charge in [0.25, 0.3) is 0 Å². The number of esters is 1. The van der Waals surface area contributed by atoms with E-state index in [9.17, 15) is 4.79 Å². The van der Waals surface area contributed by atoms with E-state index >= 15 is 0 Å². The summed E-state index contributed by atoms with van der Waals surface area (Å²) in [5.41, 5.74) is 1.51. The Morgan fingerprint density at radius 1 is 1.32 bits per heavy atom. The molecule has 22 heavy (non-hydrogen) atoms. The average molecular weight is 318 g/mol. The molecule has 1 aliphatic rings. The third-order valence-corrected chi connectivity index (χ3v) is 5.67. The van der Waals surface area contributed by atoms with Gasteiger partial charge in [0.15, 0.2) is 0 Å². The summed E-state index contributed by atoms with van der Waals surface area (Å²) in [6, 6.07) is 8.75. The van der Waals surface area contributed by atoms with Gasteiger partial charge in [-0.2, -0.15) is 0 Å². The molecule has 1 atom stereocenters. The number of allylic oxidation sites excluding steroid dienone is 2. The van der Waals surface area contributed by atoms with Gasteiger partial charge in [0.05, 0.1) is 6.61 Å². The number of aryl methyl sites for hydroxylation is 1. The van der Waals surface area contributed by atoms with E-state index in [4.69, 9.17) is 4.74 Å². The first-order valence-electron chi connectivity index (χ1n) is 8.08. The molecule has 0 amide bonds. The summed E-state index contributed by atoms with van der Waals surface area (Å²) in [6.45, 7) is 6.48. The Morgan fingerprint density at radius 3 is 2.73 bits per heavy atom. The molecule has 120 valence electrons. The molecule has 0 unspecified atom stereocenters. The standard InChI is InChI=1S/C19H26O2S/c1-15-8-10-17(11-9-15)22-18-7-4-5-12-19(18,3)13-6-14-21-16(2)20/h7-11H,4-6,12-14H2,1-3H3/t19-/m0/s1. The van der Waals surface area contributed by atoms with E-state index in [0.29, 0.717) is 6.61 Å². The van der Waals surface area contributed by atoms with Crippen LogP contribution in [0, 0.1) is 12.3 Å². The highest BCUT2D eigenvalue weighted by Gasteiger charge is 2.31. The quantitative estimate of drug-likeness (QED) is 0.511. The predicted octanol–water partition coefficient (Wildman–Crippen LogP) is 5.50. The first-order valence-corrected chi connectivity index (χ1v) is 8.90. The van der Waals surface area contributed by atoms with Gasteiger partial charge in [-0.15, -0.1) is 0 Å². The summed E-state index contributed by atoms with van der Waals surface area (Å²) < 4.78 is 5.08. The summed E-state index contributed by atoms with van der Waals surface area (Å²) in [5.74, 6) is -0.182. The minimum atomic E-state index is -0.182. The molecule has 0 aliphatic heterocycles.